The largest absolute Gasteiger partial charge is 0.490 e. The van der Waals surface area contributed by atoms with Crippen LogP contribution in [0.1, 0.15) is 24.1 Å². The first-order valence-corrected chi connectivity index (χ1v) is 12.1. The van der Waals surface area contributed by atoms with Crippen molar-refractivity contribution >= 4 is 27.0 Å². The van der Waals surface area contributed by atoms with E-state index in [-0.39, 0.29) is 23.5 Å². The fourth-order valence-electron chi connectivity index (χ4n) is 3.61. The smallest absolute Gasteiger partial charge is 0.475 e. The maximum absolute atomic E-state index is 14.1. The molecule has 9 nitrogen and oxygen atoms in total. The van der Waals surface area contributed by atoms with Crippen molar-refractivity contribution in [1.29, 1.82) is 0 Å². The SMILES string of the molecule is Cc1ccc(S(=O)(=O)n2ncc3c(CC[C@H]4CCNCC4(F)F)ncnc32)cc1.O=C(O)C(F)(F)F. The minimum absolute atomic E-state index is 0.0996. The summed E-state index contributed by atoms with van der Waals surface area (Å²) in [6.45, 7) is 2.11. The molecule has 0 spiro atoms. The lowest BCUT2D eigenvalue weighted by Crippen LogP contribution is -2.46. The number of fused-ring (bicyclic) bond motifs is 1. The number of halogens is 5. The number of hydrogen-bond donors (Lipinski definition) is 2. The third-order valence-electron chi connectivity index (χ3n) is 5.56. The topological polar surface area (TPSA) is 127 Å². The lowest BCUT2D eigenvalue weighted by atomic mass is 9.89. The first-order valence-electron chi connectivity index (χ1n) is 10.6. The van der Waals surface area contributed by atoms with Crippen molar-refractivity contribution in [3.05, 3.63) is 48.0 Å². The van der Waals surface area contributed by atoms with Gasteiger partial charge in [0, 0.05) is 5.92 Å². The van der Waals surface area contributed by atoms with Crippen LogP contribution in [-0.2, 0) is 21.2 Å². The fourth-order valence-corrected chi connectivity index (χ4v) is 4.83. The summed E-state index contributed by atoms with van der Waals surface area (Å²) in [5.74, 6) is -6.25. The van der Waals surface area contributed by atoms with E-state index >= 15 is 0 Å². The Labute approximate surface area is 202 Å². The van der Waals surface area contributed by atoms with E-state index in [0.29, 0.717) is 30.5 Å². The van der Waals surface area contributed by atoms with Crippen LogP contribution in [0, 0.1) is 12.8 Å². The van der Waals surface area contributed by atoms with Crippen molar-refractivity contribution in [3.63, 3.8) is 0 Å². The Bertz CT molecular complexity index is 1330. The quantitative estimate of drug-likeness (QED) is 0.477. The highest BCUT2D eigenvalue weighted by atomic mass is 32.2. The number of carboxylic acids is 1. The molecule has 2 aromatic heterocycles. The Morgan fingerprint density at radius 1 is 1.22 bits per heavy atom. The van der Waals surface area contributed by atoms with Gasteiger partial charge < -0.3 is 10.4 Å². The van der Waals surface area contributed by atoms with Crippen molar-refractivity contribution < 1.29 is 40.3 Å². The molecule has 3 heterocycles. The molecule has 0 aliphatic carbocycles. The first kappa shape index (κ1) is 27.4. The molecule has 0 unspecified atom stereocenters. The number of aliphatic carboxylic acids is 1. The Kier molecular flexibility index (Phi) is 7.93. The summed E-state index contributed by atoms with van der Waals surface area (Å²) in [7, 11) is -3.92. The number of nitrogens with zero attached hydrogens (tertiary/aromatic N) is 4. The molecule has 1 atom stereocenters. The molecule has 36 heavy (non-hydrogen) atoms. The summed E-state index contributed by atoms with van der Waals surface area (Å²) in [5, 5.41) is 14.3. The molecule has 4 rings (SSSR count). The average Bonchev–Trinajstić information content (AvgIpc) is 3.24. The van der Waals surface area contributed by atoms with Gasteiger partial charge in [-0.25, -0.2) is 23.5 Å². The number of nitrogens with one attached hydrogen (secondary N) is 1. The maximum atomic E-state index is 14.1. The minimum Gasteiger partial charge on any atom is -0.475 e. The van der Waals surface area contributed by atoms with Gasteiger partial charge in [-0.05, 0) is 44.9 Å². The van der Waals surface area contributed by atoms with Crippen molar-refractivity contribution in [3.8, 4) is 0 Å². The van der Waals surface area contributed by atoms with Crippen molar-refractivity contribution in [2.24, 2.45) is 5.92 Å². The molecule has 0 amide bonds. The van der Waals surface area contributed by atoms with Crippen molar-refractivity contribution in [1.82, 2.24) is 24.5 Å². The monoisotopic (exact) mass is 535 g/mol. The number of benzene rings is 1. The van der Waals surface area contributed by atoms with Crippen LogP contribution in [0.2, 0.25) is 0 Å². The molecular weight excluding hydrogens is 513 g/mol. The summed E-state index contributed by atoms with van der Waals surface area (Å²) in [6.07, 6.45) is -1.49. The second-order valence-electron chi connectivity index (χ2n) is 8.13. The van der Waals surface area contributed by atoms with Gasteiger partial charge in [0.05, 0.1) is 28.7 Å². The van der Waals surface area contributed by atoms with Crippen LogP contribution in [0.15, 0.2) is 41.7 Å². The van der Waals surface area contributed by atoms with Crippen LogP contribution in [0.4, 0.5) is 22.0 Å². The summed E-state index contributed by atoms with van der Waals surface area (Å²) in [4.78, 5) is 17.3. The van der Waals surface area contributed by atoms with E-state index in [9.17, 15) is 30.4 Å². The molecule has 2 N–H and O–H groups in total. The molecule has 1 aliphatic rings. The number of aryl methyl sites for hydroxylation is 2. The van der Waals surface area contributed by atoms with E-state index in [1.807, 2.05) is 6.92 Å². The predicted molar refractivity (Wildman–Crippen MR) is 117 cm³/mol. The number of rotatable bonds is 5. The van der Waals surface area contributed by atoms with Crippen molar-refractivity contribution in [2.75, 3.05) is 13.1 Å². The minimum atomic E-state index is -5.08. The Morgan fingerprint density at radius 3 is 2.44 bits per heavy atom. The van der Waals surface area contributed by atoms with Gasteiger partial charge in [-0.1, -0.05) is 17.7 Å². The lowest BCUT2D eigenvalue weighted by Gasteiger charge is -2.31. The van der Waals surface area contributed by atoms with Gasteiger partial charge in [0.2, 0.25) is 0 Å². The number of piperidine rings is 1. The third kappa shape index (κ3) is 6.13. The van der Waals surface area contributed by atoms with Gasteiger partial charge in [-0.2, -0.15) is 26.7 Å². The third-order valence-corrected chi connectivity index (χ3v) is 7.15. The Hall–Kier alpha value is -3.20. The lowest BCUT2D eigenvalue weighted by molar-refractivity contribution is -0.192. The van der Waals surface area contributed by atoms with Gasteiger partial charge >= 0.3 is 12.1 Å². The number of alkyl halides is 5. The molecule has 1 saturated heterocycles. The normalized spacial score (nSPS) is 17.9. The van der Waals surface area contributed by atoms with Crippen LogP contribution >= 0.6 is 0 Å². The number of carboxylic acid groups (broad SMARTS) is 1. The summed E-state index contributed by atoms with van der Waals surface area (Å²) >= 11 is 0. The number of aromatic nitrogens is 4. The van der Waals surface area contributed by atoms with E-state index in [0.717, 1.165) is 9.65 Å². The highest BCUT2D eigenvalue weighted by Gasteiger charge is 2.41. The molecule has 1 fully saturated rings. The van der Waals surface area contributed by atoms with Crippen LogP contribution < -0.4 is 5.32 Å². The zero-order chi connectivity index (χ0) is 26.7. The van der Waals surface area contributed by atoms with E-state index < -0.39 is 34.0 Å². The molecule has 1 aliphatic heterocycles. The van der Waals surface area contributed by atoms with Gasteiger partial charge in [-0.15, -0.1) is 4.09 Å². The first-order chi connectivity index (χ1) is 16.7. The van der Waals surface area contributed by atoms with Crippen molar-refractivity contribution in [2.45, 2.75) is 43.2 Å². The maximum Gasteiger partial charge on any atom is 0.490 e. The zero-order valence-electron chi connectivity index (χ0n) is 18.8. The van der Waals surface area contributed by atoms with Crippen LogP contribution in [-0.4, -0.2) is 63.8 Å². The zero-order valence-corrected chi connectivity index (χ0v) is 19.7. The van der Waals surface area contributed by atoms with Gasteiger partial charge in [-0.3, -0.25) is 0 Å². The summed E-state index contributed by atoms with van der Waals surface area (Å²) < 4.78 is 86.7. The molecule has 196 valence electrons. The molecule has 15 heteroatoms. The summed E-state index contributed by atoms with van der Waals surface area (Å²) in [6, 6.07) is 6.44. The molecule has 3 aromatic rings. The highest BCUT2D eigenvalue weighted by molar-refractivity contribution is 7.90. The standard InChI is InChI=1S/C19H21F2N5O2S.C2HF3O2/c1-13-2-5-15(6-3-13)29(27,28)26-18-16(10-25-26)17(23-12-24-18)7-4-14-8-9-22-11-19(14,20)21;3-2(4,5)1(6)7/h2-3,5-6,10,12,14,22H,4,7-9,11H2,1H3;(H,6,7)/t14-;/m0./s1. The Balaban J connectivity index is 0.000000454. The van der Waals surface area contributed by atoms with E-state index in [2.05, 4.69) is 20.4 Å². The van der Waals surface area contributed by atoms with Gasteiger partial charge in [0.15, 0.2) is 5.65 Å². The van der Waals surface area contributed by atoms with E-state index in [1.54, 1.807) is 12.1 Å². The molecular formula is C21H22F5N5O4S. The van der Waals surface area contributed by atoms with E-state index in [1.165, 1.54) is 24.7 Å². The second-order valence-corrected chi connectivity index (χ2v) is 9.90. The highest BCUT2D eigenvalue weighted by Crippen LogP contribution is 2.33. The van der Waals surface area contributed by atoms with Crippen LogP contribution in [0.3, 0.4) is 0 Å². The Morgan fingerprint density at radius 2 is 1.86 bits per heavy atom. The fraction of sp³-hybridized carbons (Fsp3) is 0.429. The van der Waals surface area contributed by atoms with Crippen LogP contribution in [0.5, 0.6) is 0 Å². The second kappa shape index (κ2) is 10.4. The summed E-state index contributed by atoms with van der Waals surface area (Å²) in [5.41, 5.74) is 1.61. The molecule has 0 saturated carbocycles. The van der Waals surface area contributed by atoms with Gasteiger partial charge in [0.25, 0.3) is 15.9 Å². The van der Waals surface area contributed by atoms with Gasteiger partial charge in [0.1, 0.15) is 6.33 Å². The van der Waals surface area contributed by atoms with E-state index in [4.69, 9.17) is 9.90 Å². The molecule has 1 aromatic carbocycles. The average molecular weight is 535 g/mol. The predicted octanol–water partition coefficient (Wildman–Crippen LogP) is 3.18. The molecule has 0 bridgehead atoms. The number of hydrogen-bond acceptors (Lipinski definition) is 7. The molecule has 0 radical (unpaired) electrons. The van der Waals surface area contributed by atoms with Crippen LogP contribution in [0.25, 0.3) is 11.0 Å². The number of carbonyl (C=O) groups is 1.